The molecule has 0 aromatic heterocycles. The largest absolute Gasteiger partial charge is 0.481 e. The van der Waals surface area contributed by atoms with Gasteiger partial charge in [0.05, 0.1) is 18.6 Å². The summed E-state index contributed by atoms with van der Waals surface area (Å²) < 4.78 is 27.7. The van der Waals surface area contributed by atoms with E-state index >= 15 is 0 Å². The minimum absolute atomic E-state index is 0.00239. The Balaban J connectivity index is 2.13. The van der Waals surface area contributed by atoms with Crippen molar-refractivity contribution in [2.75, 3.05) is 6.54 Å². The third-order valence-electron chi connectivity index (χ3n) is 4.43. The van der Waals surface area contributed by atoms with Crippen LogP contribution in [0.5, 0.6) is 0 Å². The SMILES string of the molecule is CC(=O)N[C@@H](Cc1cc(F)cc(F)c1)[C@H](O)CNC(CC(=O)O)c1cccc(Br)c1. The van der Waals surface area contributed by atoms with Crippen LogP contribution in [-0.4, -0.2) is 40.8 Å². The van der Waals surface area contributed by atoms with E-state index < -0.39 is 41.7 Å². The zero-order valence-corrected chi connectivity index (χ0v) is 17.8. The van der Waals surface area contributed by atoms with Crippen molar-refractivity contribution in [3.8, 4) is 0 Å². The molecule has 2 aromatic carbocycles. The van der Waals surface area contributed by atoms with Crippen LogP contribution in [0.15, 0.2) is 46.9 Å². The fraction of sp³-hybridized carbons (Fsp3) is 0.333. The van der Waals surface area contributed by atoms with Crippen molar-refractivity contribution < 1.29 is 28.6 Å². The van der Waals surface area contributed by atoms with E-state index in [0.717, 1.165) is 22.7 Å². The fourth-order valence-electron chi connectivity index (χ4n) is 3.14. The Kier molecular flexibility index (Phi) is 8.88. The summed E-state index contributed by atoms with van der Waals surface area (Å²) >= 11 is 3.34. The van der Waals surface area contributed by atoms with Crippen LogP contribution >= 0.6 is 15.9 Å². The predicted octanol–water partition coefficient (Wildman–Crippen LogP) is 2.94. The highest BCUT2D eigenvalue weighted by atomic mass is 79.9. The van der Waals surface area contributed by atoms with E-state index in [9.17, 15) is 28.6 Å². The molecule has 1 unspecified atom stereocenters. The average Bonchev–Trinajstić information content (AvgIpc) is 2.62. The number of halogens is 3. The first-order valence-electron chi connectivity index (χ1n) is 9.25. The molecular formula is C21H23BrF2N2O4. The smallest absolute Gasteiger partial charge is 0.305 e. The lowest BCUT2D eigenvalue weighted by molar-refractivity contribution is -0.137. The zero-order valence-electron chi connectivity index (χ0n) is 16.2. The Bertz CT molecular complexity index is 877. The highest BCUT2D eigenvalue weighted by Gasteiger charge is 2.24. The van der Waals surface area contributed by atoms with Gasteiger partial charge in [0.2, 0.25) is 5.91 Å². The summed E-state index contributed by atoms with van der Waals surface area (Å²) in [6.07, 6.45) is -1.36. The van der Waals surface area contributed by atoms with Crippen LogP contribution in [0.1, 0.15) is 30.5 Å². The Morgan fingerprint density at radius 3 is 2.37 bits per heavy atom. The van der Waals surface area contributed by atoms with Crippen molar-refractivity contribution >= 4 is 27.8 Å². The lowest BCUT2D eigenvalue weighted by Crippen LogP contribution is -2.48. The second-order valence-corrected chi connectivity index (χ2v) is 7.89. The Labute approximate surface area is 181 Å². The molecule has 0 aliphatic heterocycles. The number of benzene rings is 2. The molecule has 0 fully saturated rings. The van der Waals surface area contributed by atoms with E-state index in [2.05, 4.69) is 26.6 Å². The molecule has 2 aromatic rings. The van der Waals surface area contributed by atoms with E-state index in [1.807, 2.05) is 0 Å². The second-order valence-electron chi connectivity index (χ2n) is 6.97. The van der Waals surface area contributed by atoms with Gasteiger partial charge in [0.15, 0.2) is 0 Å². The molecule has 0 heterocycles. The monoisotopic (exact) mass is 484 g/mol. The number of hydrogen-bond donors (Lipinski definition) is 4. The van der Waals surface area contributed by atoms with Crippen molar-refractivity contribution in [1.29, 1.82) is 0 Å². The van der Waals surface area contributed by atoms with Gasteiger partial charge in [0.25, 0.3) is 0 Å². The number of aliphatic hydroxyl groups is 1. The van der Waals surface area contributed by atoms with Gasteiger partial charge in [-0.15, -0.1) is 0 Å². The number of carboxylic acid groups (broad SMARTS) is 1. The Hall–Kier alpha value is -2.36. The molecular weight excluding hydrogens is 462 g/mol. The molecule has 30 heavy (non-hydrogen) atoms. The van der Waals surface area contributed by atoms with Gasteiger partial charge in [-0.3, -0.25) is 9.59 Å². The summed E-state index contributed by atoms with van der Waals surface area (Å²) in [5.74, 6) is -2.94. The molecule has 0 spiro atoms. The van der Waals surface area contributed by atoms with Crippen LogP contribution in [0.4, 0.5) is 8.78 Å². The number of carbonyl (C=O) groups excluding carboxylic acids is 1. The summed E-state index contributed by atoms with van der Waals surface area (Å²) in [5.41, 5.74) is 0.988. The third-order valence-corrected chi connectivity index (χ3v) is 4.93. The van der Waals surface area contributed by atoms with Gasteiger partial charge in [-0.25, -0.2) is 8.78 Å². The molecule has 6 nitrogen and oxygen atoms in total. The molecule has 4 N–H and O–H groups in total. The minimum Gasteiger partial charge on any atom is -0.481 e. The maximum atomic E-state index is 13.5. The molecule has 2 rings (SSSR count). The quantitative estimate of drug-likeness (QED) is 0.415. The van der Waals surface area contributed by atoms with Crippen LogP contribution in [0.3, 0.4) is 0 Å². The van der Waals surface area contributed by atoms with Crippen LogP contribution in [-0.2, 0) is 16.0 Å². The molecule has 3 atom stereocenters. The van der Waals surface area contributed by atoms with Crippen molar-refractivity contribution in [1.82, 2.24) is 10.6 Å². The van der Waals surface area contributed by atoms with Gasteiger partial charge >= 0.3 is 5.97 Å². The molecule has 0 aliphatic rings. The van der Waals surface area contributed by atoms with Crippen molar-refractivity contribution in [3.05, 3.63) is 69.7 Å². The van der Waals surface area contributed by atoms with E-state index in [0.29, 0.717) is 5.56 Å². The average molecular weight is 485 g/mol. The van der Waals surface area contributed by atoms with Crippen molar-refractivity contribution in [2.24, 2.45) is 0 Å². The summed E-state index contributed by atoms with van der Waals surface area (Å²) in [6, 6.07) is 8.70. The number of nitrogens with one attached hydrogen (secondary N) is 2. The second kappa shape index (κ2) is 11.1. The number of carboxylic acids is 1. The number of rotatable bonds is 10. The van der Waals surface area contributed by atoms with E-state index in [1.54, 1.807) is 24.3 Å². The molecule has 0 aliphatic carbocycles. The maximum absolute atomic E-state index is 13.5. The molecule has 0 bridgehead atoms. The van der Waals surface area contributed by atoms with Crippen LogP contribution in [0, 0.1) is 11.6 Å². The number of aliphatic carboxylic acids is 1. The molecule has 162 valence electrons. The van der Waals surface area contributed by atoms with E-state index in [4.69, 9.17) is 0 Å². The first kappa shape index (κ1) is 23.9. The molecule has 0 saturated heterocycles. The Morgan fingerprint density at radius 2 is 1.80 bits per heavy atom. The van der Waals surface area contributed by atoms with Crippen molar-refractivity contribution in [2.45, 2.75) is 38.0 Å². The summed E-state index contributed by atoms with van der Waals surface area (Å²) in [4.78, 5) is 22.8. The maximum Gasteiger partial charge on any atom is 0.305 e. The minimum atomic E-state index is -1.14. The number of amides is 1. The number of aliphatic hydroxyl groups excluding tert-OH is 1. The highest BCUT2D eigenvalue weighted by Crippen LogP contribution is 2.21. The predicted molar refractivity (Wildman–Crippen MR) is 111 cm³/mol. The van der Waals surface area contributed by atoms with Gasteiger partial charge in [0.1, 0.15) is 11.6 Å². The van der Waals surface area contributed by atoms with Crippen LogP contribution in [0.25, 0.3) is 0 Å². The van der Waals surface area contributed by atoms with E-state index in [-0.39, 0.29) is 24.9 Å². The molecule has 9 heteroatoms. The summed E-state index contributed by atoms with van der Waals surface area (Å²) in [6.45, 7) is 1.22. The lowest BCUT2D eigenvalue weighted by atomic mass is 9.99. The molecule has 0 saturated carbocycles. The van der Waals surface area contributed by atoms with Gasteiger partial charge in [-0.05, 0) is 41.8 Å². The number of hydrogen-bond acceptors (Lipinski definition) is 4. The van der Waals surface area contributed by atoms with Crippen molar-refractivity contribution in [3.63, 3.8) is 0 Å². The Morgan fingerprint density at radius 1 is 1.13 bits per heavy atom. The van der Waals surface area contributed by atoms with E-state index in [1.165, 1.54) is 6.92 Å². The first-order chi connectivity index (χ1) is 14.1. The lowest BCUT2D eigenvalue weighted by Gasteiger charge is -2.26. The number of carbonyl (C=O) groups is 2. The summed E-state index contributed by atoms with van der Waals surface area (Å²) in [5, 5.41) is 25.4. The third kappa shape index (κ3) is 7.81. The standard InChI is InChI=1S/C21H23BrF2N2O4/c1-12(27)26-19(7-13-5-16(23)9-17(24)6-13)20(28)11-25-18(10-21(29)30)14-3-2-4-15(22)8-14/h2-6,8-9,18-20,25,28H,7,10-11H2,1H3,(H,26,27)(H,29,30)/t18?,19-,20+/m0/s1. The van der Waals surface area contributed by atoms with Gasteiger partial charge < -0.3 is 20.8 Å². The fourth-order valence-corrected chi connectivity index (χ4v) is 3.56. The first-order valence-corrected chi connectivity index (χ1v) is 10.0. The molecule has 1 amide bonds. The van der Waals surface area contributed by atoms with Gasteiger partial charge in [-0.1, -0.05) is 28.1 Å². The van der Waals surface area contributed by atoms with Crippen LogP contribution in [0.2, 0.25) is 0 Å². The molecule has 0 radical (unpaired) electrons. The van der Waals surface area contributed by atoms with Crippen LogP contribution < -0.4 is 10.6 Å². The topological polar surface area (TPSA) is 98.7 Å². The summed E-state index contributed by atoms with van der Waals surface area (Å²) in [7, 11) is 0. The normalized spacial score (nSPS) is 14.0. The van der Waals surface area contributed by atoms with Gasteiger partial charge in [-0.2, -0.15) is 0 Å². The highest BCUT2D eigenvalue weighted by molar-refractivity contribution is 9.10. The zero-order chi connectivity index (χ0) is 22.3. The van der Waals surface area contributed by atoms with Gasteiger partial charge in [0, 0.05) is 30.0 Å².